The molecule has 0 radical (unpaired) electrons. The average molecular weight is 227 g/mol. The maximum atomic E-state index is 11.8. The third kappa shape index (κ3) is 4.97. The van der Waals surface area contributed by atoms with Crippen LogP contribution in [-0.2, 0) is 4.79 Å². The number of hydrogen-bond acceptors (Lipinski definition) is 2. The third-order valence-electron chi connectivity index (χ3n) is 3.53. The topological polar surface area (TPSA) is 49.3 Å². The van der Waals surface area contributed by atoms with Gasteiger partial charge < -0.3 is 10.4 Å². The first-order valence-electron chi connectivity index (χ1n) is 6.66. The zero-order chi connectivity index (χ0) is 11.8. The maximum Gasteiger partial charge on any atom is 0.220 e. The minimum atomic E-state index is 0.154. The van der Waals surface area contributed by atoms with E-state index in [2.05, 4.69) is 5.32 Å². The van der Waals surface area contributed by atoms with Gasteiger partial charge in [-0.05, 0) is 31.6 Å². The zero-order valence-electron chi connectivity index (χ0n) is 10.4. The van der Waals surface area contributed by atoms with Crippen LogP contribution in [0.5, 0.6) is 0 Å². The van der Waals surface area contributed by atoms with E-state index < -0.39 is 0 Å². The molecule has 1 fully saturated rings. The molecule has 1 aliphatic carbocycles. The Morgan fingerprint density at radius 3 is 2.62 bits per heavy atom. The van der Waals surface area contributed by atoms with E-state index >= 15 is 0 Å². The lowest BCUT2D eigenvalue weighted by Crippen LogP contribution is -2.36. The molecule has 0 aromatic rings. The summed E-state index contributed by atoms with van der Waals surface area (Å²) in [5.74, 6) is 0.771. The number of rotatable bonds is 6. The van der Waals surface area contributed by atoms with E-state index in [-0.39, 0.29) is 18.6 Å². The van der Waals surface area contributed by atoms with Crippen molar-refractivity contribution in [3.05, 3.63) is 0 Å². The van der Waals surface area contributed by atoms with Gasteiger partial charge in [0.1, 0.15) is 0 Å². The maximum absolute atomic E-state index is 11.8. The van der Waals surface area contributed by atoms with Crippen LogP contribution in [0.15, 0.2) is 0 Å². The molecular formula is C13H25NO2. The van der Waals surface area contributed by atoms with Gasteiger partial charge in [-0.1, -0.05) is 26.2 Å². The first-order valence-corrected chi connectivity index (χ1v) is 6.66. The minimum absolute atomic E-state index is 0.154. The Balaban J connectivity index is 2.22. The summed E-state index contributed by atoms with van der Waals surface area (Å²) < 4.78 is 0. The highest BCUT2D eigenvalue weighted by Crippen LogP contribution is 2.26. The molecule has 0 spiro atoms. The quantitative estimate of drug-likeness (QED) is 0.731. The van der Waals surface area contributed by atoms with E-state index in [0.29, 0.717) is 18.8 Å². The SMILES string of the molecule is CCC(CCO)NC(=O)CC1CCCCC1. The fraction of sp³-hybridized carbons (Fsp3) is 0.923. The zero-order valence-corrected chi connectivity index (χ0v) is 10.4. The largest absolute Gasteiger partial charge is 0.396 e. The Hall–Kier alpha value is -0.570. The predicted octanol–water partition coefficient (Wildman–Crippen LogP) is 2.23. The summed E-state index contributed by atoms with van der Waals surface area (Å²) in [6, 6.07) is 0.154. The van der Waals surface area contributed by atoms with Gasteiger partial charge in [-0.15, -0.1) is 0 Å². The van der Waals surface area contributed by atoms with Crippen LogP contribution in [-0.4, -0.2) is 23.7 Å². The summed E-state index contributed by atoms with van der Waals surface area (Å²) in [6.07, 6.45) is 8.58. The van der Waals surface area contributed by atoms with E-state index in [1.165, 1.54) is 32.1 Å². The van der Waals surface area contributed by atoms with Crippen LogP contribution >= 0.6 is 0 Å². The van der Waals surface area contributed by atoms with Crippen LogP contribution in [0.25, 0.3) is 0 Å². The fourth-order valence-electron chi connectivity index (χ4n) is 2.47. The molecular weight excluding hydrogens is 202 g/mol. The highest BCUT2D eigenvalue weighted by atomic mass is 16.3. The molecule has 1 saturated carbocycles. The van der Waals surface area contributed by atoms with E-state index in [1.807, 2.05) is 6.92 Å². The van der Waals surface area contributed by atoms with Crippen molar-refractivity contribution in [1.29, 1.82) is 0 Å². The van der Waals surface area contributed by atoms with Gasteiger partial charge in [-0.3, -0.25) is 4.79 Å². The molecule has 0 aromatic heterocycles. The minimum Gasteiger partial charge on any atom is -0.396 e. The van der Waals surface area contributed by atoms with Crippen LogP contribution in [0.4, 0.5) is 0 Å². The van der Waals surface area contributed by atoms with Crippen LogP contribution in [0.3, 0.4) is 0 Å². The molecule has 1 atom stereocenters. The van der Waals surface area contributed by atoms with Crippen molar-refractivity contribution in [3.63, 3.8) is 0 Å². The number of hydrogen-bond donors (Lipinski definition) is 2. The second-order valence-corrected chi connectivity index (χ2v) is 4.89. The van der Waals surface area contributed by atoms with Gasteiger partial charge in [-0.2, -0.15) is 0 Å². The fourth-order valence-corrected chi connectivity index (χ4v) is 2.47. The molecule has 3 nitrogen and oxygen atoms in total. The summed E-state index contributed by atoms with van der Waals surface area (Å²) in [5, 5.41) is 11.9. The number of nitrogens with one attached hydrogen (secondary N) is 1. The molecule has 16 heavy (non-hydrogen) atoms. The number of aliphatic hydroxyl groups is 1. The van der Waals surface area contributed by atoms with Crippen molar-refractivity contribution in [3.8, 4) is 0 Å². The Morgan fingerprint density at radius 1 is 1.38 bits per heavy atom. The molecule has 1 rings (SSSR count). The molecule has 1 unspecified atom stereocenters. The lowest BCUT2D eigenvalue weighted by molar-refractivity contribution is -0.123. The van der Waals surface area contributed by atoms with Crippen molar-refractivity contribution in [2.24, 2.45) is 5.92 Å². The standard InChI is InChI=1S/C13H25NO2/c1-2-12(8-9-15)14-13(16)10-11-6-4-3-5-7-11/h11-12,15H,2-10H2,1H3,(H,14,16). The van der Waals surface area contributed by atoms with Gasteiger partial charge in [0, 0.05) is 19.1 Å². The second kappa shape index (κ2) is 7.66. The van der Waals surface area contributed by atoms with E-state index in [1.54, 1.807) is 0 Å². The van der Waals surface area contributed by atoms with Gasteiger partial charge >= 0.3 is 0 Å². The molecule has 0 aliphatic heterocycles. The first-order chi connectivity index (χ1) is 7.76. The number of carbonyl (C=O) groups is 1. The molecule has 94 valence electrons. The van der Waals surface area contributed by atoms with Crippen LogP contribution < -0.4 is 5.32 Å². The normalized spacial score (nSPS) is 19.4. The van der Waals surface area contributed by atoms with Gasteiger partial charge in [0.25, 0.3) is 0 Å². The molecule has 3 heteroatoms. The smallest absolute Gasteiger partial charge is 0.220 e. The summed E-state index contributed by atoms with van der Waals surface area (Å²) in [6.45, 7) is 2.20. The van der Waals surface area contributed by atoms with Crippen molar-refractivity contribution < 1.29 is 9.90 Å². The summed E-state index contributed by atoms with van der Waals surface area (Å²) in [7, 11) is 0. The molecule has 0 aromatic carbocycles. The molecule has 0 heterocycles. The number of aliphatic hydroxyl groups excluding tert-OH is 1. The molecule has 0 saturated heterocycles. The van der Waals surface area contributed by atoms with Gasteiger partial charge in [-0.25, -0.2) is 0 Å². The van der Waals surface area contributed by atoms with Crippen molar-refractivity contribution in [2.45, 2.75) is 64.3 Å². The average Bonchev–Trinajstić information content (AvgIpc) is 2.29. The van der Waals surface area contributed by atoms with E-state index in [9.17, 15) is 4.79 Å². The van der Waals surface area contributed by atoms with Gasteiger partial charge in [0.15, 0.2) is 0 Å². The first kappa shape index (κ1) is 13.5. The second-order valence-electron chi connectivity index (χ2n) is 4.89. The van der Waals surface area contributed by atoms with E-state index in [0.717, 1.165) is 6.42 Å². The predicted molar refractivity (Wildman–Crippen MR) is 65.1 cm³/mol. The van der Waals surface area contributed by atoms with E-state index in [4.69, 9.17) is 5.11 Å². The highest BCUT2D eigenvalue weighted by Gasteiger charge is 2.18. The Labute approximate surface area is 98.6 Å². The van der Waals surface area contributed by atoms with Gasteiger partial charge in [0.05, 0.1) is 0 Å². The summed E-state index contributed by atoms with van der Waals surface area (Å²) in [4.78, 5) is 11.8. The Morgan fingerprint density at radius 2 is 2.06 bits per heavy atom. The van der Waals surface area contributed by atoms with Crippen LogP contribution in [0.2, 0.25) is 0 Å². The highest BCUT2D eigenvalue weighted by molar-refractivity contribution is 5.76. The molecule has 2 N–H and O–H groups in total. The number of carbonyl (C=O) groups excluding carboxylic acids is 1. The van der Waals surface area contributed by atoms with Crippen molar-refractivity contribution in [2.75, 3.05) is 6.61 Å². The lowest BCUT2D eigenvalue weighted by Gasteiger charge is -2.22. The lowest BCUT2D eigenvalue weighted by atomic mass is 9.87. The number of amides is 1. The molecule has 1 amide bonds. The molecule has 1 aliphatic rings. The van der Waals surface area contributed by atoms with Crippen LogP contribution in [0.1, 0.15) is 58.3 Å². The summed E-state index contributed by atoms with van der Waals surface area (Å²) in [5.41, 5.74) is 0. The Bertz CT molecular complexity index is 191. The van der Waals surface area contributed by atoms with Gasteiger partial charge in [0.2, 0.25) is 5.91 Å². The van der Waals surface area contributed by atoms with Crippen molar-refractivity contribution in [1.82, 2.24) is 5.32 Å². The third-order valence-corrected chi connectivity index (χ3v) is 3.53. The summed E-state index contributed by atoms with van der Waals surface area (Å²) >= 11 is 0. The van der Waals surface area contributed by atoms with Crippen molar-refractivity contribution >= 4 is 5.91 Å². The Kier molecular flexibility index (Phi) is 6.46. The monoisotopic (exact) mass is 227 g/mol. The molecule has 0 bridgehead atoms. The van der Waals surface area contributed by atoms with Crippen LogP contribution in [0, 0.1) is 5.92 Å².